The van der Waals surface area contributed by atoms with Gasteiger partial charge in [-0.2, -0.15) is 8.42 Å². The summed E-state index contributed by atoms with van der Waals surface area (Å²) in [6, 6.07) is 23.6. The lowest BCUT2D eigenvalue weighted by Crippen LogP contribution is -2.50. The minimum atomic E-state index is -4.28. The maximum atomic E-state index is 12.9. The number of carbonyl (C=O) groups excluding carboxylic acids is 3. The Bertz CT molecular complexity index is 1430. The third-order valence-electron chi connectivity index (χ3n) is 5.80. The van der Waals surface area contributed by atoms with E-state index in [-0.39, 0.29) is 16.7 Å². The molecule has 40 heavy (non-hydrogen) atoms. The summed E-state index contributed by atoms with van der Waals surface area (Å²) in [6.45, 7) is -1.47. The van der Waals surface area contributed by atoms with Crippen LogP contribution in [-0.4, -0.2) is 75.0 Å². The van der Waals surface area contributed by atoms with Crippen LogP contribution in [0.4, 0.5) is 0 Å². The van der Waals surface area contributed by atoms with Gasteiger partial charge >= 0.3 is 17.9 Å². The Morgan fingerprint density at radius 3 is 1.70 bits per heavy atom. The Morgan fingerprint density at radius 2 is 1.23 bits per heavy atom. The van der Waals surface area contributed by atoms with Gasteiger partial charge in [0.15, 0.2) is 12.2 Å². The van der Waals surface area contributed by atoms with Crippen molar-refractivity contribution in [2.75, 3.05) is 19.5 Å². The van der Waals surface area contributed by atoms with Gasteiger partial charge in [-0.25, -0.2) is 14.4 Å². The lowest BCUT2D eigenvalue weighted by Gasteiger charge is -2.28. The van der Waals surface area contributed by atoms with Crippen LogP contribution in [0.5, 0.6) is 0 Å². The second kappa shape index (κ2) is 12.4. The van der Waals surface area contributed by atoms with Gasteiger partial charge in [0.1, 0.15) is 19.3 Å². The lowest BCUT2D eigenvalue weighted by molar-refractivity contribution is -0.242. The predicted octanol–water partition coefficient (Wildman–Crippen LogP) is 2.36. The van der Waals surface area contributed by atoms with Crippen molar-refractivity contribution in [3.05, 3.63) is 108 Å². The molecule has 4 rings (SSSR count). The molecule has 210 valence electrons. The zero-order chi connectivity index (χ0) is 28.8. The highest BCUT2D eigenvalue weighted by Crippen LogP contribution is 2.36. The van der Waals surface area contributed by atoms with Crippen LogP contribution < -0.4 is 0 Å². The highest BCUT2D eigenvalue weighted by atomic mass is 32.2. The molecule has 0 saturated carbocycles. The first kappa shape index (κ1) is 28.9. The molecule has 11 nitrogen and oxygen atoms in total. The molecule has 0 aromatic heterocycles. The first-order valence-electron chi connectivity index (χ1n) is 12.0. The largest absolute Gasteiger partial charge is 0.459 e. The van der Waals surface area contributed by atoms with E-state index in [9.17, 15) is 27.9 Å². The smallest absolute Gasteiger partial charge is 0.338 e. The summed E-state index contributed by atoms with van der Waals surface area (Å²) < 4.78 is 51.2. The first-order chi connectivity index (χ1) is 19.1. The summed E-state index contributed by atoms with van der Waals surface area (Å²) in [7, 11) is -4.28. The molecule has 4 atom stereocenters. The molecule has 1 N–H and O–H groups in total. The van der Waals surface area contributed by atoms with Crippen LogP contribution in [0.15, 0.2) is 91.0 Å². The van der Waals surface area contributed by atoms with E-state index in [1.54, 1.807) is 54.6 Å². The molecule has 1 unspecified atom stereocenters. The quantitative estimate of drug-likeness (QED) is 0.217. The van der Waals surface area contributed by atoms with Crippen LogP contribution >= 0.6 is 0 Å². The van der Waals surface area contributed by atoms with Crippen molar-refractivity contribution in [3.8, 4) is 0 Å². The van der Waals surface area contributed by atoms with Crippen molar-refractivity contribution in [2.24, 2.45) is 0 Å². The predicted molar refractivity (Wildman–Crippen MR) is 139 cm³/mol. The molecule has 1 heterocycles. The van der Waals surface area contributed by atoms with Gasteiger partial charge in [-0.3, -0.25) is 4.18 Å². The molecule has 1 aliphatic heterocycles. The normalized spacial score (nSPS) is 22.3. The Balaban J connectivity index is 1.61. The standard InChI is InChI=1S/C28H26O11S/c1-40(33,34)39-24-23(37-27(31)21-15-9-4-10-16-21)22(17-35-25(29)19-11-5-2-6-12-19)38-28(24,32)18-36-26(30)20-13-7-3-8-14-20/h2-16,22-24,32H,17-18H2,1H3/t22-,23-,24+,28?/m1/s1. The topological polar surface area (TPSA) is 152 Å². The van der Waals surface area contributed by atoms with E-state index in [0.717, 1.165) is 6.26 Å². The Labute approximate surface area is 230 Å². The van der Waals surface area contributed by atoms with Crippen molar-refractivity contribution in [2.45, 2.75) is 24.1 Å². The fourth-order valence-electron chi connectivity index (χ4n) is 3.96. The summed E-state index contributed by atoms with van der Waals surface area (Å²) >= 11 is 0. The highest BCUT2D eigenvalue weighted by Gasteiger charge is 2.60. The number of carbonyl (C=O) groups is 3. The van der Waals surface area contributed by atoms with Crippen LogP contribution in [0.3, 0.4) is 0 Å². The van der Waals surface area contributed by atoms with Gasteiger partial charge in [0, 0.05) is 0 Å². The molecule has 12 heteroatoms. The minimum absolute atomic E-state index is 0.117. The molecule has 3 aromatic rings. The molecular weight excluding hydrogens is 544 g/mol. The second-order valence-corrected chi connectivity index (χ2v) is 10.5. The molecule has 1 saturated heterocycles. The number of hydrogen-bond acceptors (Lipinski definition) is 11. The zero-order valence-electron chi connectivity index (χ0n) is 21.2. The minimum Gasteiger partial charge on any atom is -0.459 e. The molecule has 0 bridgehead atoms. The van der Waals surface area contributed by atoms with Crippen molar-refractivity contribution in [3.63, 3.8) is 0 Å². The van der Waals surface area contributed by atoms with E-state index in [4.69, 9.17) is 23.1 Å². The van der Waals surface area contributed by atoms with Gasteiger partial charge in [-0.05, 0) is 36.4 Å². The number of ether oxygens (including phenoxy) is 4. The van der Waals surface area contributed by atoms with Crippen LogP contribution in [0.1, 0.15) is 31.1 Å². The van der Waals surface area contributed by atoms with Crippen molar-refractivity contribution >= 4 is 28.0 Å². The molecule has 1 aliphatic rings. The van der Waals surface area contributed by atoms with Gasteiger partial charge in [-0.1, -0.05) is 54.6 Å². The third-order valence-corrected chi connectivity index (χ3v) is 6.36. The van der Waals surface area contributed by atoms with Crippen LogP contribution in [-0.2, 0) is 33.2 Å². The van der Waals surface area contributed by atoms with Gasteiger partial charge in [0.05, 0.1) is 22.9 Å². The van der Waals surface area contributed by atoms with E-state index >= 15 is 0 Å². The number of aliphatic hydroxyl groups is 1. The maximum Gasteiger partial charge on any atom is 0.338 e. The zero-order valence-corrected chi connectivity index (χ0v) is 22.1. The van der Waals surface area contributed by atoms with Crippen LogP contribution in [0.25, 0.3) is 0 Å². The fraction of sp³-hybridized carbons (Fsp3) is 0.250. The lowest BCUT2D eigenvalue weighted by atomic mass is 10.1. The number of rotatable bonds is 10. The number of esters is 3. The van der Waals surface area contributed by atoms with Crippen molar-refractivity contribution < 1.29 is 51.0 Å². The summed E-state index contributed by atoms with van der Waals surface area (Å²) in [5, 5.41) is 11.4. The van der Waals surface area contributed by atoms with Crippen molar-refractivity contribution in [1.82, 2.24) is 0 Å². The first-order valence-corrected chi connectivity index (χ1v) is 13.9. The van der Waals surface area contributed by atoms with Gasteiger partial charge in [0.25, 0.3) is 10.1 Å². The number of hydrogen-bond donors (Lipinski definition) is 1. The monoisotopic (exact) mass is 570 g/mol. The van der Waals surface area contributed by atoms with Crippen LogP contribution in [0.2, 0.25) is 0 Å². The molecule has 0 spiro atoms. The van der Waals surface area contributed by atoms with E-state index in [1.165, 1.54) is 36.4 Å². The third kappa shape index (κ3) is 7.30. The molecule has 1 fully saturated rings. The van der Waals surface area contributed by atoms with Gasteiger partial charge in [-0.15, -0.1) is 0 Å². The summed E-state index contributed by atoms with van der Waals surface area (Å²) in [4.78, 5) is 38.0. The molecule has 0 amide bonds. The molecular formula is C28H26O11S. The fourth-order valence-corrected chi connectivity index (χ4v) is 4.59. The highest BCUT2D eigenvalue weighted by molar-refractivity contribution is 7.86. The molecule has 0 aliphatic carbocycles. The average molecular weight is 571 g/mol. The summed E-state index contributed by atoms with van der Waals surface area (Å²) in [5.74, 6) is -5.09. The summed E-state index contributed by atoms with van der Waals surface area (Å²) in [6.07, 6.45) is -4.18. The SMILES string of the molecule is CS(=O)(=O)O[C@H]1[C@H](OC(=O)c2ccccc2)[C@@H](COC(=O)c2ccccc2)OC1(O)COC(=O)c1ccccc1. The van der Waals surface area contributed by atoms with E-state index in [2.05, 4.69) is 0 Å². The van der Waals surface area contributed by atoms with Gasteiger partial charge < -0.3 is 24.1 Å². The Kier molecular flexibility index (Phi) is 8.95. The summed E-state index contributed by atoms with van der Waals surface area (Å²) in [5.41, 5.74) is 0.492. The Hall–Kier alpha value is -4.10. The Morgan fingerprint density at radius 1 is 0.775 bits per heavy atom. The second-order valence-electron chi connectivity index (χ2n) is 8.86. The number of benzene rings is 3. The van der Waals surface area contributed by atoms with Crippen LogP contribution in [0, 0.1) is 0 Å². The van der Waals surface area contributed by atoms with Gasteiger partial charge in [0.2, 0.25) is 5.79 Å². The maximum absolute atomic E-state index is 12.9. The van der Waals surface area contributed by atoms with E-state index in [1.807, 2.05) is 0 Å². The van der Waals surface area contributed by atoms with E-state index < -0.39 is 65.3 Å². The van der Waals surface area contributed by atoms with E-state index in [0.29, 0.717) is 0 Å². The molecule has 3 aromatic carbocycles. The average Bonchev–Trinajstić information content (AvgIpc) is 3.20. The molecule has 0 radical (unpaired) electrons. The van der Waals surface area contributed by atoms with Crippen molar-refractivity contribution in [1.29, 1.82) is 0 Å².